The van der Waals surface area contributed by atoms with Crippen molar-refractivity contribution in [2.45, 2.75) is 31.1 Å². The van der Waals surface area contributed by atoms with E-state index in [0.29, 0.717) is 29.1 Å². The lowest BCUT2D eigenvalue weighted by molar-refractivity contribution is -0.0511. The monoisotopic (exact) mass is 373 g/mol. The molecule has 0 bridgehead atoms. The third-order valence-electron chi connectivity index (χ3n) is 4.59. The number of ether oxygens (including phenoxy) is 1. The normalized spacial score (nSPS) is 25.1. The fourth-order valence-corrected chi connectivity index (χ4v) is 3.12. The van der Waals surface area contributed by atoms with Crippen molar-refractivity contribution < 1.29 is 25.2 Å². The molecule has 2 aromatic heterocycles. The minimum atomic E-state index is -1.23. The first-order valence-corrected chi connectivity index (χ1v) is 8.41. The number of phenols is 1. The summed E-state index contributed by atoms with van der Waals surface area (Å²) >= 11 is 0. The van der Waals surface area contributed by atoms with E-state index in [9.17, 15) is 20.4 Å². The predicted molar refractivity (Wildman–Crippen MR) is 93.8 cm³/mol. The van der Waals surface area contributed by atoms with Crippen LogP contribution in [0.5, 0.6) is 5.75 Å². The second-order valence-electron chi connectivity index (χ2n) is 6.26. The van der Waals surface area contributed by atoms with Gasteiger partial charge in [0.05, 0.1) is 12.9 Å². The molecule has 3 heterocycles. The molecule has 1 aliphatic heterocycles. The van der Waals surface area contributed by atoms with Crippen molar-refractivity contribution in [3.63, 3.8) is 0 Å². The van der Waals surface area contributed by atoms with Crippen LogP contribution in [0.25, 0.3) is 11.2 Å². The third kappa shape index (κ3) is 3.08. The number of benzene rings is 1. The largest absolute Gasteiger partial charge is 0.508 e. The molecule has 1 aromatic carbocycles. The van der Waals surface area contributed by atoms with Crippen LogP contribution in [0.15, 0.2) is 36.9 Å². The summed E-state index contributed by atoms with van der Waals surface area (Å²) in [5.41, 5.74) is 1.55. The van der Waals surface area contributed by atoms with Crippen LogP contribution in [0, 0.1) is 0 Å². The average Bonchev–Trinajstić information content (AvgIpc) is 3.23. The van der Waals surface area contributed by atoms with Gasteiger partial charge in [-0.1, -0.05) is 18.2 Å². The number of hydrogen-bond acceptors (Lipinski definition) is 9. The van der Waals surface area contributed by atoms with E-state index in [1.54, 1.807) is 18.2 Å². The molecule has 0 amide bonds. The lowest BCUT2D eigenvalue weighted by atomic mass is 10.1. The minimum absolute atomic E-state index is 0.173. The maximum atomic E-state index is 10.2. The van der Waals surface area contributed by atoms with E-state index < -0.39 is 31.1 Å². The van der Waals surface area contributed by atoms with Crippen LogP contribution in [-0.4, -0.2) is 64.9 Å². The Morgan fingerprint density at radius 1 is 1.11 bits per heavy atom. The number of nitrogens with one attached hydrogen (secondary N) is 1. The Morgan fingerprint density at radius 2 is 1.93 bits per heavy atom. The first-order valence-electron chi connectivity index (χ1n) is 8.41. The molecule has 1 aliphatic rings. The summed E-state index contributed by atoms with van der Waals surface area (Å²) in [6, 6.07) is 6.95. The van der Waals surface area contributed by atoms with Gasteiger partial charge in [0.15, 0.2) is 23.2 Å². The first kappa shape index (κ1) is 17.6. The molecule has 1 saturated heterocycles. The van der Waals surface area contributed by atoms with Crippen LogP contribution in [0.4, 0.5) is 5.82 Å². The van der Waals surface area contributed by atoms with Crippen molar-refractivity contribution in [1.29, 1.82) is 0 Å². The number of nitrogens with zero attached hydrogens (tertiary/aromatic N) is 4. The predicted octanol–water partition coefficient (Wildman–Crippen LogP) is -0.245. The molecule has 5 N–H and O–H groups in total. The molecule has 1 fully saturated rings. The minimum Gasteiger partial charge on any atom is -0.508 e. The number of aromatic nitrogens is 4. The van der Waals surface area contributed by atoms with Crippen molar-refractivity contribution in [1.82, 2.24) is 19.5 Å². The van der Waals surface area contributed by atoms with Gasteiger partial charge in [0.1, 0.15) is 30.4 Å². The molecule has 0 radical (unpaired) electrons. The van der Waals surface area contributed by atoms with Gasteiger partial charge < -0.3 is 30.5 Å². The summed E-state index contributed by atoms with van der Waals surface area (Å²) in [7, 11) is 0. The Morgan fingerprint density at radius 3 is 2.67 bits per heavy atom. The molecule has 0 spiro atoms. The van der Waals surface area contributed by atoms with Gasteiger partial charge in [-0.25, -0.2) is 15.0 Å². The Hall–Kier alpha value is -2.79. The molecular formula is C17H19N5O5. The van der Waals surface area contributed by atoms with Gasteiger partial charge >= 0.3 is 0 Å². The number of aliphatic hydroxyl groups is 3. The van der Waals surface area contributed by atoms with Crippen molar-refractivity contribution >= 4 is 17.0 Å². The number of aliphatic hydroxyl groups excluding tert-OH is 3. The lowest BCUT2D eigenvalue weighted by Crippen LogP contribution is -2.33. The fourth-order valence-electron chi connectivity index (χ4n) is 3.12. The van der Waals surface area contributed by atoms with Crippen LogP contribution in [-0.2, 0) is 11.3 Å². The molecule has 4 rings (SSSR count). The standard InChI is InChI=1S/C17H19N5O5/c23-6-11-13(25)14(26)17(27-11)22-8-21-12-15(19-7-20-16(12)22)18-5-9-3-1-2-4-10(9)24/h1-4,7-8,11,13-14,17,23-26H,5-6H2,(H,18,19,20)/t11-,13?,14?,17-/m1/s1. The van der Waals surface area contributed by atoms with E-state index in [1.165, 1.54) is 17.2 Å². The van der Waals surface area contributed by atoms with E-state index in [2.05, 4.69) is 20.3 Å². The van der Waals surface area contributed by atoms with Gasteiger partial charge in [-0.3, -0.25) is 4.57 Å². The van der Waals surface area contributed by atoms with E-state index in [4.69, 9.17) is 4.74 Å². The number of para-hydroxylation sites is 1. The molecule has 0 aliphatic carbocycles. The Labute approximate surface area is 153 Å². The van der Waals surface area contributed by atoms with E-state index >= 15 is 0 Å². The first-order chi connectivity index (χ1) is 13.1. The summed E-state index contributed by atoms with van der Waals surface area (Å²) < 4.78 is 7.02. The van der Waals surface area contributed by atoms with E-state index in [-0.39, 0.29) is 5.75 Å². The molecule has 3 aromatic rings. The van der Waals surface area contributed by atoms with Gasteiger partial charge in [0, 0.05) is 12.1 Å². The highest BCUT2D eigenvalue weighted by atomic mass is 16.6. The Balaban J connectivity index is 1.61. The number of aromatic hydroxyl groups is 1. The lowest BCUT2D eigenvalue weighted by Gasteiger charge is -2.16. The van der Waals surface area contributed by atoms with Crippen LogP contribution >= 0.6 is 0 Å². The van der Waals surface area contributed by atoms with Crippen molar-refractivity contribution in [2.75, 3.05) is 11.9 Å². The molecule has 142 valence electrons. The van der Waals surface area contributed by atoms with Crippen LogP contribution < -0.4 is 5.32 Å². The summed E-state index contributed by atoms with van der Waals surface area (Å²) in [5, 5.41) is 42.4. The molecule has 4 atom stereocenters. The SMILES string of the molecule is OC[C@H]1O[C@@H](n2cnc3c(NCc4ccccc4O)ncnc32)C(O)C1O. The zero-order chi connectivity index (χ0) is 19.0. The van der Waals surface area contributed by atoms with Gasteiger partial charge in [-0.05, 0) is 6.07 Å². The number of phenolic OH excluding ortho intramolecular Hbond substituents is 1. The third-order valence-corrected chi connectivity index (χ3v) is 4.59. The second kappa shape index (κ2) is 7.08. The van der Waals surface area contributed by atoms with Crippen LogP contribution in [0.2, 0.25) is 0 Å². The zero-order valence-electron chi connectivity index (χ0n) is 14.2. The highest BCUT2D eigenvalue weighted by Crippen LogP contribution is 2.32. The topological polar surface area (TPSA) is 146 Å². The quantitative estimate of drug-likeness (QED) is 0.409. The second-order valence-corrected chi connectivity index (χ2v) is 6.26. The van der Waals surface area contributed by atoms with E-state index in [1.807, 2.05) is 6.07 Å². The molecule has 10 nitrogen and oxygen atoms in total. The molecule has 0 saturated carbocycles. The van der Waals surface area contributed by atoms with Crippen LogP contribution in [0.3, 0.4) is 0 Å². The zero-order valence-corrected chi connectivity index (χ0v) is 14.2. The smallest absolute Gasteiger partial charge is 0.167 e. The maximum absolute atomic E-state index is 10.2. The molecular weight excluding hydrogens is 354 g/mol. The molecule has 2 unspecified atom stereocenters. The van der Waals surface area contributed by atoms with Gasteiger partial charge in [0.25, 0.3) is 0 Å². The van der Waals surface area contributed by atoms with Crippen molar-refractivity contribution in [3.8, 4) is 5.75 Å². The molecule has 10 heteroatoms. The van der Waals surface area contributed by atoms with E-state index in [0.717, 1.165) is 0 Å². The van der Waals surface area contributed by atoms with Gasteiger partial charge in [0.2, 0.25) is 0 Å². The summed E-state index contributed by atoms with van der Waals surface area (Å²) in [5.74, 6) is 0.626. The number of imidazole rings is 1. The number of hydrogen-bond donors (Lipinski definition) is 5. The van der Waals surface area contributed by atoms with Gasteiger partial charge in [-0.15, -0.1) is 0 Å². The summed E-state index contributed by atoms with van der Waals surface area (Å²) in [4.78, 5) is 12.7. The number of fused-ring (bicyclic) bond motifs is 1. The highest BCUT2D eigenvalue weighted by molar-refractivity contribution is 5.82. The van der Waals surface area contributed by atoms with Crippen molar-refractivity contribution in [2.24, 2.45) is 0 Å². The maximum Gasteiger partial charge on any atom is 0.167 e. The average molecular weight is 373 g/mol. The summed E-state index contributed by atoms with van der Waals surface area (Å²) in [6.45, 7) is -0.0801. The molecule has 27 heavy (non-hydrogen) atoms. The summed E-state index contributed by atoms with van der Waals surface area (Å²) in [6.07, 6.45) is -1.48. The highest BCUT2D eigenvalue weighted by Gasteiger charge is 2.44. The number of anilines is 1. The van der Waals surface area contributed by atoms with Crippen LogP contribution in [0.1, 0.15) is 11.8 Å². The van der Waals surface area contributed by atoms with Crippen molar-refractivity contribution in [3.05, 3.63) is 42.5 Å². The Bertz CT molecular complexity index is 948. The van der Waals surface area contributed by atoms with Gasteiger partial charge in [-0.2, -0.15) is 0 Å². The Kier molecular flexibility index (Phi) is 4.62. The number of rotatable bonds is 5. The fraction of sp³-hybridized carbons (Fsp3) is 0.353.